The van der Waals surface area contributed by atoms with E-state index in [2.05, 4.69) is 22.4 Å². The first kappa shape index (κ1) is 19.2. The van der Waals surface area contributed by atoms with Gasteiger partial charge in [0.15, 0.2) is 0 Å². The minimum atomic E-state index is 0. The van der Waals surface area contributed by atoms with Crippen LogP contribution in [0, 0.1) is 26.2 Å². The molecule has 0 fully saturated rings. The van der Waals surface area contributed by atoms with Gasteiger partial charge in [0.05, 0.1) is 0 Å². The van der Waals surface area contributed by atoms with Gasteiger partial charge in [-0.15, -0.1) is 13.8 Å². The molecule has 0 saturated heterocycles. The van der Waals surface area contributed by atoms with E-state index in [1.165, 1.54) is 0 Å². The molecule has 0 unspecified atom stereocenters. The summed E-state index contributed by atoms with van der Waals surface area (Å²) < 4.78 is 0. The Balaban J connectivity index is -0.000000189. The predicted octanol–water partition coefficient (Wildman–Crippen LogP) is -1.28. The molecule has 0 aliphatic heterocycles. The minimum Gasteiger partial charge on any atom is -0.571 e. The van der Waals surface area contributed by atoms with Crippen molar-refractivity contribution in [1.29, 1.82) is 0 Å². The molecule has 0 aliphatic rings. The first-order chi connectivity index (χ1) is 4.79. The van der Waals surface area contributed by atoms with Crippen LogP contribution in [-0.4, -0.2) is 9.97 Å². The Kier molecular flexibility index (Phi) is 20.0. The molecule has 1 rings (SSSR count). The molecule has 4 heteroatoms. The van der Waals surface area contributed by atoms with Crippen LogP contribution in [0.25, 0.3) is 0 Å². The summed E-state index contributed by atoms with van der Waals surface area (Å²) in [7, 11) is 0. The molecule has 1 heterocycles. The smallest absolute Gasteiger partial charge is 0.571 e. The second kappa shape index (κ2) is 12.5. The number of hydrogen-bond donors (Lipinski definition) is 0. The van der Waals surface area contributed by atoms with Crippen molar-refractivity contribution in [3.63, 3.8) is 0 Å². The fraction of sp³-hybridized carbons (Fsp3) is 0.500. The quantitative estimate of drug-likeness (QED) is 0.501. The SMILES string of the molecule is CC.Cc1[c-]c(C)n[c-]n1.[Rb+].[Re]. The van der Waals surface area contributed by atoms with Crippen molar-refractivity contribution in [2.75, 3.05) is 0 Å². The number of aryl methyl sites for hydroxylation is 2. The van der Waals surface area contributed by atoms with Crippen molar-refractivity contribution in [3.8, 4) is 0 Å². The summed E-state index contributed by atoms with van der Waals surface area (Å²) in [6.07, 6.45) is 2.50. The third-order valence-corrected chi connectivity index (χ3v) is 0.797. The first-order valence-electron chi connectivity index (χ1n) is 3.39. The van der Waals surface area contributed by atoms with Crippen molar-refractivity contribution in [2.24, 2.45) is 0 Å². The maximum atomic E-state index is 3.75. The molecule has 1 aromatic heterocycles. The number of aromatic nitrogens is 2. The van der Waals surface area contributed by atoms with Crippen molar-refractivity contribution < 1.29 is 78.6 Å². The monoisotopic (exact) mass is 408 g/mol. The molecule has 0 atom stereocenters. The van der Waals surface area contributed by atoms with Gasteiger partial charge < -0.3 is 16.0 Å². The molecule has 0 aliphatic carbocycles. The number of rotatable bonds is 0. The minimum absolute atomic E-state index is 0. The molecule has 0 amide bonds. The molecule has 0 bridgehead atoms. The molecule has 2 nitrogen and oxygen atoms in total. The standard InChI is InChI=1S/C6H6N2.C2H6.Rb.Re/c1-5-3-6(2)8-4-7-5;1-2;;/h1-2H3;1-2H3;;/q-2;;+1;. The van der Waals surface area contributed by atoms with Gasteiger partial charge in [0, 0.05) is 26.8 Å². The van der Waals surface area contributed by atoms with Crippen molar-refractivity contribution in [3.05, 3.63) is 23.8 Å². The van der Waals surface area contributed by atoms with Gasteiger partial charge in [-0.2, -0.15) is 0 Å². The topological polar surface area (TPSA) is 25.8 Å². The van der Waals surface area contributed by atoms with Crippen LogP contribution in [0.4, 0.5) is 0 Å². The zero-order valence-corrected chi connectivity index (χ0v) is 15.9. The van der Waals surface area contributed by atoms with Crippen LogP contribution in [0.2, 0.25) is 0 Å². The summed E-state index contributed by atoms with van der Waals surface area (Å²) in [5, 5.41) is 0. The van der Waals surface area contributed by atoms with E-state index in [-0.39, 0.29) is 78.6 Å². The molecule has 1 aromatic rings. The summed E-state index contributed by atoms with van der Waals surface area (Å²) >= 11 is 0. The summed E-state index contributed by atoms with van der Waals surface area (Å²) in [6, 6.07) is 2.92. The maximum absolute atomic E-state index is 3.75. The van der Waals surface area contributed by atoms with Crippen LogP contribution >= 0.6 is 0 Å². The second-order valence-corrected chi connectivity index (χ2v) is 1.62. The van der Waals surface area contributed by atoms with E-state index >= 15 is 0 Å². The van der Waals surface area contributed by atoms with Crippen LogP contribution in [-0.2, 0) is 20.4 Å². The van der Waals surface area contributed by atoms with Gasteiger partial charge in [-0.25, -0.2) is 0 Å². The second-order valence-electron chi connectivity index (χ2n) is 1.62. The number of nitrogens with zero attached hydrogens (tertiary/aromatic N) is 2. The Morgan fingerprint density at radius 1 is 1.00 bits per heavy atom. The molecule has 0 N–H and O–H groups in total. The van der Waals surface area contributed by atoms with E-state index < -0.39 is 0 Å². The summed E-state index contributed by atoms with van der Waals surface area (Å²) in [4.78, 5) is 7.50. The fourth-order valence-corrected chi connectivity index (χ4v) is 0.493. The average Bonchev–Trinajstić information content (AvgIpc) is 1.91. The van der Waals surface area contributed by atoms with Gasteiger partial charge in [-0.3, -0.25) is 11.4 Å². The summed E-state index contributed by atoms with van der Waals surface area (Å²) in [5.41, 5.74) is 1.69. The molecule has 0 saturated carbocycles. The summed E-state index contributed by atoms with van der Waals surface area (Å²) in [6.45, 7) is 7.73. The molecule has 63 valence electrons. The van der Waals surface area contributed by atoms with Crippen LogP contribution in [0.1, 0.15) is 25.2 Å². The Morgan fingerprint density at radius 3 is 1.50 bits per heavy atom. The van der Waals surface area contributed by atoms with Crippen LogP contribution in [0.5, 0.6) is 0 Å². The van der Waals surface area contributed by atoms with E-state index in [0.717, 1.165) is 11.4 Å². The Labute approximate surface area is 137 Å². The van der Waals surface area contributed by atoms with Crippen molar-refractivity contribution in [2.45, 2.75) is 27.7 Å². The van der Waals surface area contributed by atoms with Crippen molar-refractivity contribution in [1.82, 2.24) is 9.97 Å². The zero-order chi connectivity index (χ0) is 7.98. The predicted molar refractivity (Wildman–Crippen MR) is 40.5 cm³/mol. The Bertz CT molecular complexity index is 177. The Hall–Kier alpha value is 1.55. The zero-order valence-electron chi connectivity index (χ0n) is 8.27. The molecule has 1 radical (unpaired) electrons. The van der Waals surface area contributed by atoms with E-state index in [4.69, 9.17) is 0 Å². The third-order valence-electron chi connectivity index (χ3n) is 0.797. The molecular weight excluding hydrogens is 396 g/mol. The van der Waals surface area contributed by atoms with E-state index in [9.17, 15) is 0 Å². The maximum Gasteiger partial charge on any atom is 1.00 e. The van der Waals surface area contributed by atoms with Crippen LogP contribution in [0.15, 0.2) is 0 Å². The van der Waals surface area contributed by atoms with Gasteiger partial charge in [-0.05, 0) is 0 Å². The Morgan fingerprint density at radius 2 is 1.33 bits per heavy atom. The van der Waals surface area contributed by atoms with Gasteiger partial charge in [0.2, 0.25) is 0 Å². The first-order valence-corrected chi connectivity index (χ1v) is 3.39. The van der Waals surface area contributed by atoms with Gasteiger partial charge in [-0.1, -0.05) is 13.8 Å². The number of hydrogen-bond acceptors (Lipinski definition) is 2. The summed E-state index contributed by atoms with van der Waals surface area (Å²) in [5.74, 6) is 0. The molecular formula is C8H12N2RbRe-. The largest absolute Gasteiger partial charge is 1.00 e. The molecule has 12 heavy (non-hydrogen) atoms. The van der Waals surface area contributed by atoms with Gasteiger partial charge >= 0.3 is 58.2 Å². The average molecular weight is 408 g/mol. The molecule has 0 aromatic carbocycles. The van der Waals surface area contributed by atoms with Crippen molar-refractivity contribution >= 4 is 0 Å². The fourth-order valence-electron chi connectivity index (χ4n) is 0.493. The third kappa shape index (κ3) is 9.63. The van der Waals surface area contributed by atoms with E-state index in [1.807, 2.05) is 27.7 Å². The van der Waals surface area contributed by atoms with Crippen LogP contribution in [0.3, 0.4) is 0 Å². The van der Waals surface area contributed by atoms with E-state index in [0.29, 0.717) is 0 Å². The van der Waals surface area contributed by atoms with E-state index in [1.54, 1.807) is 0 Å². The normalized spacial score (nSPS) is 6.67. The van der Waals surface area contributed by atoms with Crippen LogP contribution < -0.4 is 58.2 Å². The molecule has 0 spiro atoms. The van der Waals surface area contributed by atoms with Gasteiger partial charge in [0.25, 0.3) is 0 Å². The van der Waals surface area contributed by atoms with Gasteiger partial charge in [0.1, 0.15) is 0 Å².